The van der Waals surface area contributed by atoms with Gasteiger partial charge in [-0.15, -0.1) is 12.4 Å². The molecule has 0 saturated carbocycles. The van der Waals surface area contributed by atoms with E-state index in [1.54, 1.807) is 0 Å². The summed E-state index contributed by atoms with van der Waals surface area (Å²) < 4.78 is 13.8. The fourth-order valence-electron chi connectivity index (χ4n) is 3.65. The van der Waals surface area contributed by atoms with Gasteiger partial charge in [0.2, 0.25) is 0 Å². The first-order valence-corrected chi connectivity index (χ1v) is 9.64. The molecule has 0 spiro atoms. The molecule has 5 nitrogen and oxygen atoms in total. The van der Waals surface area contributed by atoms with Crippen LogP contribution in [0.2, 0.25) is 0 Å². The highest BCUT2D eigenvalue weighted by Crippen LogP contribution is 2.30. The van der Waals surface area contributed by atoms with E-state index in [9.17, 15) is 5.11 Å². The first kappa shape index (κ1) is 20.8. The number of nitrogens with zero attached hydrogens (tertiary/aromatic N) is 2. The molecule has 1 aromatic heterocycles. The van der Waals surface area contributed by atoms with Gasteiger partial charge >= 0.3 is 0 Å². The van der Waals surface area contributed by atoms with Gasteiger partial charge in [0.15, 0.2) is 0 Å². The van der Waals surface area contributed by atoms with Crippen LogP contribution in [0, 0.1) is 0 Å². The van der Waals surface area contributed by atoms with E-state index in [0.717, 1.165) is 41.9 Å². The number of aromatic nitrogens is 2. The van der Waals surface area contributed by atoms with Crippen LogP contribution in [0.15, 0.2) is 54.6 Å². The molecule has 2 aromatic carbocycles. The maximum atomic E-state index is 10.6. The number of benzene rings is 2. The molecule has 150 valence electrons. The monoisotopic (exact) mass is 402 g/mol. The number of para-hydroxylation sites is 2. The molecule has 0 bridgehead atoms. The lowest BCUT2D eigenvalue weighted by molar-refractivity contribution is -0.00947. The smallest absolute Gasteiger partial charge is 0.139 e. The van der Waals surface area contributed by atoms with Crippen molar-refractivity contribution in [2.24, 2.45) is 0 Å². The molecule has 1 aliphatic rings. The Kier molecular flexibility index (Phi) is 7.08. The van der Waals surface area contributed by atoms with Crippen molar-refractivity contribution in [3.8, 4) is 0 Å². The number of fused-ring (bicyclic) bond motifs is 1. The van der Waals surface area contributed by atoms with Crippen LogP contribution in [-0.4, -0.2) is 34.0 Å². The van der Waals surface area contributed by atoms with E-state index in [0.29, 0.717) is 6.54 Å². The van der Waals surface area contributed by atoms with Crippen molar-refractivity contribution in [1.82, 2.24) is 9.55 Å². The minimum atomic E-state index is -0.617. The highest BCUT2D eigenvalue weighted by Gasteiger charge is 2.25. The summed E-state index contributed by atoms with van der Waals surface area (Å²) in [5, 5.41) is 10.6. The maximum Gasteiger partial charge on any atom is 0.139 e. The number of aliphatic hydroxyl groups excluding tert-OH is 1. The molecular formula is C22H27ClN2O3. The maximum absolute atomic E-state index is 10.6. The lowest BCUT2D eigenvalue weighted by Crippen LogP contribution is -2.24. The van der Waals surface area contributed by atoms with Crippen LogP contribution in [0.1, 0.15) is 43.4 Å². The van der Waals surface area contributed by atoms with Crippen LogP contribution in [0.5, 0.6) is 0 Å². The summed E-state index contributed by atoms with van der Waals surface area (Å²) in [5.74, 6) is 0.906. The van der Waals surface area contributed by atoms with Gasteiger partial charge in [0.25, 0.3) is 0 Å². The molecule has 28 heavy (non-hydrogen) atoms. The summed E-state index contributed by atoms with van der Waals surface area (Å²) in [6.45, 7) is 3.49. The summed E-state index contributed by atoms with van der Waals surface area (Å²) in [6.07, 6.45) is 1.36. The van der Waals surface area contributed by atoms with E-state index < -0.39 is 6.10 Å². The number of ether oxygens (including phenoxy) is 2. The molecule has 3 atom stereocenters. The van der Waals surface area contributed by atoms with E-state index in [1.165, 1.54) is 0 Å². The molecular weight excluding hydrogens is 376 g/mol. The van der Waals surface area contributed by atoms with Crippen LogP contribution in [0.25, 0.3) is 11.0 Å². The second kappa shape index (κ2) is 9.52. The number of aliphatic hydroxyl groups is 1. The minimum absolute atomic E-state index is 0. The molecule has 0 aliphatic carbocycles. The van der Waals surface area contributed by atoms with Gasteiger partial charge in [-0.2, -0.15) is 0 Å². The molecule has 2 heterocycles. The molecule has 3 unspecified atom stereocenters. The largest absolute Gasteiger partial charge is 0.389 e. The second-order valence-corrected chi connectivity index (χ2v) is 7.11. The van der Waals surface area contributed by atoms with Gasteiger partial charge < -0.3 is 19.1 Å². The zero-order chi connectivity index (χ0) is 18.6. The second-order valence-electron chi connectivity index (χ2n) is 7.11. The van der Waals surface area contributed by atoms with Crippen molar-refractivity contribution >= 4 is 23.4 Å². The Morgan fingerprint density at radius 1 is 1.18 bits per heavy atom. The van der Waals surface area contributed by atoms with Crippen LogP contribution >= 0.6 is 12.4 Å². The van der Waals surface area contributed by atoms with E-state index >= 15 is 0 Å². The molecule has 1 aliphatic heterocycles. The quantitative estimate of drug-likeness (QED) is 0.634. The van der Waals surface area contributed by atoms with E-state index in [-0.39, 0.29) is 31.2 Å². The SMILES string of the molecule is CC(OCC(O)Cn1c(C2CCCO2)nc2ccccc21)c1ccccc1.Cl. The van der Waals surface area contributed by atoms with Gasteiger partial charge in [-0.25, -0.2) is 4.98 Å². The molecule has 1 N–H and O–H groups in total. The molecule has 0 radical (unpaired) electrons. The van der Waals surface area contributed by atoms with Crippen molar-refractivity contribution in [2.45, 2.75) is 44.6 Å². The molecule has 3 aromatic rings. The first-order valence-electron chi connectivity index (χ1n) is 9.64. The average Bonchev–Trinajstić information content (AvgIpc) is 3.35. The van der Waals surface area contributed by atoms with Gasteiger partial charge in [-0.05, 0) is 37.5 Å². The van der Waals surface area contributed by atoms with Crippen molar-refractivity contribution in [2.75, 3.05) is 13.2 Å². The average molecular weight is 403 g/mol. The van der Waals surface area contributed by atoms with Crippen LogP contribution < -0.4 is 0 Å². The Hall–Kier alpha value is -1.92. The number of rotatable bonds is 7. The van der Waals surface area contributed by atoms with Crippen molar-refractivity contribution in [3.05, 3.63) is 66.0 Å². The van der Waals surface area contributed by atoms with Gasteiger partial charge in [-0.3, -0.25) is 0 Å². The van der Waals surface area contributed by atoms with Crippen molar-refractivity contribution in [1.29, 1.82) is 0 Å². The van der Waals surface area contributed by atoms with Crippen LogP contribution in [0.3, 0.4) is 0 Å². The molecule has 6 heteroatoms. The summed E-state index contributed by atoms with van der Waals surface area (Å²) in [5.41, 5.74) is 3.07. The Labute approximate surface area is 171 Å². The Morgan fingerprint density at radius 3 is 2.68 bits per heavy atom. The zero-order valence-corrected chi connectivity index (χ0v) is 16.8. The Balaban J connectivity index is 0.00000225. The summed E-state index contributed by atoms with van der Waals surface area (Å²) in [6, 6.07) is 18.1. The highest BCUT2D eigenvalue weighted by molar-refractivity contribution is 5.85. The number of imidazole rings is 1. The Morgan fingerprint density at radius 2 is 1.93 bits per heavy atom. The summed E-state index contributed by atoms with van der Waals surface area (Å²) >= 11 is 0. The van der Waals surface area contributed by atoms with Gasteiger partial charge in [0.1, 0.15) is 11.9 Å². The van der Waals surface area contributed by atoms with E-state index in [1.807, 2.05) is 61.5 Å². The van der Waals surface area contributed by atoms with Crippen molar-refractivity contribution in [3.63, 3.8) is 0 Å². The van der Waals surface area contributed by atoms with Crippen LogP contribution in [0.4, 0.5) is 0 Å². The predicted octanol–water partition coefficient (Wildman–Crippen LogP) is 4.45. The van der Waals surface area contributed by atoms with E-state index in [2.05, 4.69) is 4.57 Å². The predicted molar refractivity (Wildman–Crippen MR) is 112 cm³/mol. The minimum Gasteiger partial charge on any atom is -0.389 e. The molecule has 1 saturated heterocycles. The standard InChI is InChI=1S/C22H26N2O3.ClH/c1-16(17-8-3-2-4-9-17)27-15-18(25)14-24-20-11-6-5-10-19(20)23-22(24)21-12-7-13-26-21;/h2-6,8-11,16,18,21,25H,7,12-15H2,1H3;1H. The number of halogens is 1. The third kappa shape index (κ3) is 4.55. The Bertz CT molecular complexity index is 878. The first-order chi connectivity index (χ1) is 13.2. The molecule has 1 fully saturated rings. The lowest BCUT2D eigenvalue weighted by atomic mass is 10.1. The third-order valence-corrected chi connectivity index (χ3v) is 5.10. The van der Waals surface area contributed by atoms with Gasteiger partial charge in [0, 0.05) is 6.61 Å². The lowest BCUT2D eigenvalue weighted by Gasteiger charge is -2.19. The summed E-state index contributed by atoms with van der Waals surface area (Å²) in [4.78, 5) is 4.78. The number of hydrogen-bond acceptors (Lipinski definition) is 4. The number of hydrogen-bond donors (Lipinski definition) is 1. The topological polar surface area (TPSA) is 56.5 Å². The van der Waals surface area contributed by atoms with Gasteiger partial charge in [-0.1, -0.05) is 42.5 Å². The van der Waals surface area contributed by atoms with Gasteiger partial charge in [0.05, 0.1) is 36.4 Å². The fourth-order valence-corrected chi connectivity index (χ4v) is 3.65. The molecule has 0 amide bonds. The van der Waals surface area contributed by atoms with E-state index in [4.69, 9.17) is 14.5 Å². The summed E-state index contributed by atoms with van der Waals surface area (Å²) in [7, 11) is 0. The highest BCUT2D eigenvalue weighted by atomic mass is 35.5. The third-order valence-electron chi connectivity index (χ3n) is 5.10. The normalized spacial score (nSPS) is 18.7. The zero-order valence-electron chi connectivity index (χ0n) is 16.0. The molecule has 4 rings (SSSR count). The fraction of sp³-hybridized carbons (Fsp3) is 0.409. The van der Waals surface area contributed by atoms with Crippen LogP contribution in [-0.2, 0) is 16.0 Å². The van der Waals surface area contributed by atoms with Crippen molar-refractivity contribution < 1.29 is 14.6 Å².